The van der Waals surface area contributed by atoms with E-state index in [0.29, 0.717) is 37.1 Å². The van der Waals surface area contributed by atoms with Gasteiger partial charge in [0.1, 0.15) is 11.9 Å². The summed E-state index contributed by atoms with van der Waals surface area (Å²) in [5.74, 6) is 0.445. The second-order valence-electron chi connectivity index (χ2n) is 12.2. The van der Waals surface area contributed by atoms with E-state index in [1.807, 2.05) is 48.7 Å². The number of benzene rings is 2. The lowest BCUT2D eigenvalue weighted by Gasteiger charge is -2.35. The van der Waals surface area contributed by atoms with E-state index in [9.17, 15) is 14.4 Å². The number of carbonyl (C=O) groups is 2. The van der Waals surface area contributed by atoms with Crippen molar-refractivity contribution in [1.29, 1.82) is 0 Å². The van der Waals surface area contributed by atoms with Gasteiger partial charge in [-0.2, -0.15) is 0 Å². The number of nitrogens with zero attached hydrogens (tertiary/aromatic N) is 3. The van der Waals surface area contributed by atoms with E-state index in [-0.39, 0.29) is 23.8 Å². The summed E-state index contributed by atoms with van der Waals surface area (Å²) in [6.07, 6.45) is 5.34. The second kappa shape index (κ2) is 14.1. The number of nitrogens with one attached hydrogen (secondary N) is 2. The molecule has 2 aliphatic rings. The quantitative estimate of drug-likeness (QED) is 0.210. The first-order chi connectivity index (χ1) is 22.4. The minimum Gasteiger partial charge on any atom is -0.378 e. The molecule has 1 aliphatic heterocycles. The van der Waals surface area contributed by atoms with Crippen LogP contribution in [0.3, 0.4) is 0 Å². The Morgan fingerprint density at radius 3 is 2.17 bits per heavy atom. The van der Waals surface area contributed by atoms with E-state index in [2.05, 4.69) is 26.1 Å². The third kappa shape index (κ3) is 7.05. The van der Waals surface area contributed by atoms with Gasteiger partial charge in [-0.15, -0.1) is 0 Å². The minimum absolute atomic E-state index is 0.106. The number of rotatable bonds is 10. The number of pyridine rings is 1. The van der Waals surface area contributed by atoms with Gasteiger partial charge in [0.25, 0.3) is 5.56 Å². The summed E-state index contributed by atoms with van der Waals surface area (Å²) in [6.45, 7) is 3.68. The van der Waals surface area contributed by atoms with Crippen LogP contribution in [0.25, 0.3) is 22.4 Å². The lowest BCUT2D eigenvalue weighted by molar-refractivity contribution is -0.127. The van der Waals surface area contributed by atoms with Gasteiger partial charge in [0.05, 0.1) is 18.9 Å². The van der Waals surface area contributed by atoms with E-state index < -0.39 is 11.9 Å². The van der Waals surface area contributed by atoms with Crippen LogP contribution in [0.5, 0.6) is 0 Å². The number of primary amides is 1. The number of carbonyl (C=O) groups excluding carboxylic acids is 2. The Morgan fingerprint density at radius 2 is 1.59 bits per heavy atom. The van der Waals surface area contributed by atoms with E-state index in [1.54, 1.807) is 17.0 Å². The van der Waals surface area contributed by atoms with Crippen molar-refractivity contribution in [3.63, 3.8) is 0 Å². The van der Waals surface area contributed by atoms with Crippen LogP contribution in [0.1, 0.15) is 31.2 Å². The summed E-state index contributed by atoms with van der Waals surface area (Å²) in [5.41, 5.74) is 16.6. The molecule has 46 heavy (non-hydrogen) atoms. The van der Waals surface area contributed by atoms with Crippen LogP contribution >= 0.6 is 0 Å². The van der Waals surface area contributed by atoms with Crippen molar-refractivity contribution in [2.75, 3.05) is 42.6 Å². The zero-order valence-electron chi connectivity index (χ0n) is 25.9. The van der Waals surface area contributed by atoms with Crippen LogP contribution in [-0.4, -0.2) is 65.9 Å². The Kier molecular flexibility index (Phi) is 9.60. The molecule has 2 aromatic heterocycles. The van der Waals surface area contributed by atoms with Gasteiger partial charge in [-0.25, -0.2) is 4.98 Å². The molecule has 0 radical (unpaired) electrons. The Hall–Kier alpha value is -4.74. The zero-order chi connectivity index (χ0) is 32.0. The Balaban J connectivity index is 1.24. The Bertz CT molecular complexity index is 1670. The number of anilines is 2. The van der Waals surface area contributed by atoms with Gasteiger partial charge in [0, 0.05) is 48.9 Å². The molecule has 1 atom stereocenters. The molecule has 0 spiro atoms. The molecule has 6 N–H and O–H groups in total. The lowest BCUT2D eigenvalue weighted by Crippen LogP contribution is -2.52. The first-order valence-corrected chi connectivity index (χ1v) is 16.0. The SMILES string of the molecule is NCC1CCC(C(=O)N(c2ccc(-c3cc(=O)[nH][nH]3)cc2)[C@@H](Cc2ccc(-c3ccc(N4CCOCC4)nc3)cc2)C(N)=O)CC1. The summed E-state index contributed by atoms with van der Waals surface area (Å²) in [5, 5.41) is 5.39. The number of aromatic amines is 2. The molecular weight excluding hydrogens is 582 g/mol. The Morgan fingerprint density at radius 1 is 0.913 bits per heavy atom. The van der Waals surface area contributed by atoms with E-state index in [1.165, 1.54) is 6.07 Å². The highest BCUT2D eigenvalue weighted by Gasteiger charge is 2.36. The smallest absolute Gasteiger partial charge is 0.264 e. The van der Waals surface area contributed by atoms with Gasteiger partial charge in [0.15, 0.2) is 0 Å². The molecule has 1 saturated heterocycles. The van der Waals surface area contributed by atoms with Crippen LogP contribution in [0, 0.1) is 11.8 Å². The molecule has 4 aromatic rings. The molecule has 0 bridgehead atoms. The first kappa shape index (κ1) is 31.3. The summed E-state index contributed by atoms with van der Waals surface area (Å²) < 4.78 is 5.45. The fourth-order valence-electron chi connectivity index (χ4n) is 6.50. The molecule has 2 aromatic carbocycles. The van der Waals surface area contributed by atoms with Gasteiger partial charge in [-0.05, 0) is 79.1 Å². The van der Waals surface area contributed by atoms with Crippen molar-refractivity contribution >= 4 is 23.3 Å². The maximum Gasteiger partial charge on any atom is 0.264 e. The van der Waals surface area contributed by atoms with Crippen molar-refractivity contribution in [3.8, 4) is 22.4 Å². The van der Waals surface area contributed by atoms with E-state index in [4.69, 9.17) is 16.2 Å². The van der Waals surface area contributed by atoms with Crippen molar-refractivity contribution < 1.29 is 14.3 Å². The van der Waals surface area contributed by atoms with E-state index in [0.717, 1.165) is 66.8 Å². The molecule has 2 fully saturated rings. The number of nitrogens with two attached hydrogens (primary N) is 2. The molecule has 0 unspecified atom stereocenters. The fraction of sp³-hybridized carbons (Fsp3) is 0.371. The van der Waals surface area contributed by atoms with Crippen LogP contribution in [0.2, 0.25) is 0 Å². The summed E-state index contributed by atoms with van der Waals surface area (Å²) in [4.78, 5) is 47.4. The number of amides is 2. The number of hydrogen-bond donors (Lipinski definition) is 4. The maximum absolute atomic E-state index is 14.2. The van der Waals surface area contributed by atoms with Crippen molar-refractivity contribution in [3.05, 3.63) is 88.8 Å². The summed E-state index contributed by atoms with van der Waals surface area (Å²) in [7, 11) is 0. The number of ether oxygens (including phenoxy) is 1. The predicted octanol–water partition coefficient (Wildman–Crippen LogP) is 3.46. The molecule has 11 nitrogen and oxygen atoms in total. The largest absolute Gasteiger partial charge is 0.378 e. The third-order valence-corrected chi connectivity index (χ3v) is 9.26. The maximum atomic E-state index is 14.2. The van der Waals surface area contributed by atoms with Gasteiger partial charge < -0.3 is 21.1 Å². The van der Waals surface area contributed by atoms with Crippen LogP contribution < -0.4 is 26.8 Å². The number of morpholine rings is 1. The molecule has 1 aliphatic carbocycles. The zero-order valence-corrected chi connectivity index (χ0v) is 25.9. The van der Waals surface area contributed by atoms with Crippen LogP contribution in [0.15, 0.2) is 77.7 Å². The average molecular weight is 624 g/mol. The average Bonchev–Trinajstić information content (AvgIpc) is 3.55. The Labute approximate surface area is 267 Å². The molecule has 6 rings (SSSR count). The molecule has 2 amide bonds. The number of H-pyrrole nitrogens is 2. The van der Waals surface area contributed by atoms with Gasteiger partial charge in [-0.1, -0.05) is 36.4 Å². The monoisotopic (exact) mass is 623 g/mol. The van der Waals surface area contributed by atoms with Gasteiger partial charge >= 0.3 is 0 Å². The van der Waals surface area contributed by atoms with Crippen LogP contribution in [-0.2, 0) is 20.7 Å². The molecule has 11 heteroatoms. The molecule has 3 heterocycles. The highest BCUT2D eigenvalue weighted by Crippen LogP contribution is 2.33. The van der Waals surface area contributed by atoms with Gasteiger partial charge in [0.2, 0.25) is 11.8 Å². The number of hydrogen-bond acceptors (Lipinski definition) is 7. The topological polar surface area (TPSA) is 163 Å². The highest BCUT2D eigenvalue weighted by atomic mass is 16.5. The van der Waals surface area contributed by atoms with Crippen molar-refractivity contribution in [1.82, 2.24) is 15.2 Å². The highest BCUT2D eigenvalue weighted by molar-refractivity contribution is 6.01. The van der Waals surface area contributed by atoms with E-state index >= 15 is 0 Å². The summed E-state index contributed by atoms with van der Waals surface area (Å²) in [6, 6.07) is 19.9. The summed E-state index contributed by atoms with van der Waals surface area (Å²) >= 11 is 0. The molecule has 1 saturated carbocycles. The second-order valence-corrected chi connectivity index (χ2v) is 12.2. The molecular formula is C35H41N7O4. The first-order valence-electron chi connectivity index (χ1n) is 16.0. The van der Waals surface area contributed by atoms with Crippen LogP contribution in [0.4, 0.5) is 11.5 Å². The predicted molar refractivity (Wildman–Crippen MR) is 178 cm³/mol. The van der Waals surface area contributed by atoms with Gasteiger partial charge in [-0.3, -0.25) is 29.5 Å². The third-order valence-electron chi connectivity index (χ3n) is 9.26. The number of aromatic nitrogens is 3. The van der Waals surface area contributed by atoms with Crippen molar-refractivity contribution in [2.45, 2.75) is 38.1 Å². The fourth-order valence-corrected chi connectivity index (χ4v) is 6.50. The van der Waals surface area contributed by atoms with Crippen molar-refractivity contribution in [2.24, 2.45) is 23.3 Å². The normalized spacial score (nSPS) is 19.0. The lowest BCUT2D eigenvalue weighted by atomic mass is 9.81. The molecule has 240 valence electrons. The standard InChI is InChI=1S/C35H41N7O4/c36-21-24-3-7-27(8-4-24)35(45)42(29-12-9-26(10-13-29)30-20-33(43)40-39-30)31(34(37)44)19-23-1-5-25(6-2-23)28-11-14-32(38-22-28)41-15-17-46-18-16-41/h1-2,5-6,9-14,20,22,24,27,31H,3-4,7-8,15-19,21,36H2,(H2,37,44)(H2,39,40,43)/t24?,27?,31-/m0/s1. The minimum atomic E-state index is -0.891.